The molecular formula is C18H23N3O2. The molecule has 2 aliphatic rings. The zero-order valence-electron chi connectivity index (χ0n) is 13.5. The van der Waals surface area contributed by atoms with Crippen LogP contribution in [0.5, 0.6) is 0 Å². The lowest BCUT2D eigenvalue weighted by molar-refractivity contribution is -0.149. The van der Waals surface area contributed by atoms with Gasteiger partial charge in [0.15, 0.2) is 0 Å². The highest BCUT2D eigenvalue weighted by Crippen LogP contribution is 2.48. The van der Waals surface area contributed by atoms with E-state index in [2.05, 4.69) is 22.6 Å². The first-order valence-electron chi connectivity index (χ1n) is 8.46. The molecule has 2 atom stereocenters. The van der Waals surface area contributed by atoms with Crippen molar-refractivity contribution in [3.8, 4) is 0 Å². The summed E-state index contributed by atoms with van der Waals surface area (Å²) in [7, 11) is 2.06. The molecule has 5 heteroatoms. The van der Waals surface area contributed by atoms with Gasteiger partial charge in [-0.25, -0.2) is 4.98 Å². The number of nitrogens with zero attached hydrogens (tertiary/aromatic N) is 3. The number of benzene rings is 1. The first-order valence-corrected chi connectivity index (χ1v) is 8.46. The Balaban J connectivity index is 1.47. The quantitative estimate of drug-likeness (QED) is 0.941. The summed E-state index contributed by atoms with van der Waals surface area (Å²) in [4.78, 5) is 18.8. The van der Waals surface area contributed by atoms with Crippen LogP contribution in [0.4, 0.5) is 0 Å². The Labute approximate surface area is 135 Å². The van der Waals surface area contributed by atoms with Crippen LogP contribution < -0.4 is 0 Å². The molecule has 1 aliphatic heterocycles. The molecule has 2 heterocycles. The first kappa shape index (κ1) is 14.7. The molecule has 1 aromatic carbocycles. The Hall–Kier alpha value is -1.88. The molecule has 2 aromatic rings. The number of aromatic nitrogens is 2. The van der Waals surface area contributed by atoms with Crippen LogP contribution in [-0.2, 0) is 18.3 Å². The van der Waals surface area contributed by atoms with E-state index in [0.29, 0.717) is 12.5 Å². The molecule has 0 radical (unpaired) electrons. The number of imidazole rings is 1. The number of aliphatic carboxylic acids is 1. The monoisotopic (exact) mass is 313 g/mol. The van der Waals surface area contributed by atoms with Gasteiger partial charge in [-0.1, -0.05) is 18.6 Å². The van der Waals surface area contributed by atoms with Crippen molar-refractivity contribution in [2.75, 3.05) is 19.6 Å². The Morgan fingerprint density at radius 1 is 1.43 bits per heavy atom. The first-order chi connectivity index (χ1) is 11.1. The van der Waals surface area contributed by atoms with Crippen molar-refractivity contribution >= 4 is 17.0 Å². The SMILES string of the molecule is Cn1c(CCN2C[C@@H]3CCC[C@@]3(C(=O)O)C2)nc2ccccc21. The molecule has 0 spiro atoms. The van der Waals surface area contributed by atoms with Gasteiger partial charge >= 0.3 is 5.97 Å². The van der Waals surface area contributed by atoms with E-state index in [9.17, 15) is 9.90 Å². The van der Waals surface area contributed by atoms with E-state index in [-0.39, 0.29) is 0 Å². The maximum Gasteiger partial charge on any atom is 0.311 e. The maximum absolute atomic E-state index is 11.8. The van der Waals surface area contributed by atoms with Crippen LogP contribution in [0.3, 0.4) is 0 Å². The summed E-state index contributed by atoms with van der Waals surface area (Å²) in [5, 5.41) is 9.67. The minimum absolute atomic E-state index is 0.334. The van der Waals surface area contributed by atoms with Crippen LogP contribution in [0.2, 0.25) is 0 Å². The second-order valence-electron chi connectivity index (χ2n) is 7.11. The number of para-hydroxylation sites is 2. The second-order valence-corrected chi connectivity index (χ2v) is 7.11. The Kier molecular flexibility index (Phi) is 3.41. The second kappa shape index (κ2) is 5.34. The Morgan fingerprint density at radius 3 is 3.00 bits per heavy atom. The van der Waals surface area contributed by atoms with E-state index in [1.165, 1.54) is 0 Å². The lowest BCUT2D eigenvalue weighted by Crippen LogP contribution is -2.36. The molecule has 4 rings (SSSR count). The Bertz CT molecular complexity index is 754. The number of carboxylic acid groups (broad SMARTS) is 1. The molecule has 1 N–H and O–H groups in total. The summed E-state index contributed by atoms with van der Waals surface area (Å²) in [6.45, 7) is 2.52. The van der Waals surface area contributed by atoms with E-state index in [0.717, 1.165) is 55.6 Å². The summed E-state index contributed by atoms with van der Waals surface area (Å²) < 4.78 is 2.15. The highest BCUT2D eigenvalue weighted by Gasteiger charge is 2.54. The number of likely N-dealkylation sites (tertiary alicyclic amines) is 1. The van der Waals surface area contributed by atoms with E-state index >= 15 is 0 Å². The van der Waals surface area contributed by atoms with Crippen LogP contribution in [0.25, 0.3) is 11.0 Å². The molecule has 5 nitrogen and oxygen atoms in total. The minimum Gasteiger partial charge on any atom is -0.481 e. The minimum atomic E-state index is -0.592. The normalized spacial score (nSPS) is 27.6. The van der Waals surface area contributed by atoms with Gasteiger partial charge in [0.2, 0.25) is 0 Å². The number of hydrogen-bond acceptors (Lipinski definition) is 3. The predicted molar refractivity (Wildman–Crippen MR) is 88.3 cm³/mol. The standard InChI is InChI=1S/C18H23N3O2/c1-20-15-7-3-2-6-14(15)19-16(20)8-10-21-11-13-5-4-9-18(13,12-21)17(22)23/h2-3,6-7,13H,4-5,8-12H2,1H3,(H,22,23)/t13-,18+/m0/s1. The fourth-order valence-electron chi connectivity index (χ4n) is 4.59. The van der Waals surface area contributed by atoms with Gasteiger partial charge in [-0.2, -0.15) is 0 Å². The van der Waals surface area contributed by atoms with Crippen molar-refractivity contribution in [3.05, 3.63) is 30.1 Å². The van der Waals surface area contributed by atoms with Gasteiger partial charge in [0, 0.05) is 33.1 Å². The van der Waals surface area contributed by atoms with E-state index in [4.69, 9.17) is 4.98 Å². The van der Waals surface area contributed by atoms with Gasteiger partial charge in [-0.05, 0) is 30.9 Å². The van der Waals surface area contributed by atoms with Gasteiger partial charge in [0.25, 0.3) is 0 Å². The van der Waals surface area contributed by atoms with Crippen molar-refractivity contribution in [3.63, 3.8) is 0 Å². The van der Waals surface area contributed by atoms with Crippen LogP contribution in [0.15, 0.2) is 24.3 Å². The molecular weight excluding hydrogens is 290 g/mol. The third kappa shape index (κ3) is 2.26. The van der Waals surface area contributed by atoms with Crippen LogP contribution in [0.1, 0.15) is 25.1 Å². The summed E-state index contributed by atoms with van der Waals surface area (Å²) in [5.41, 5.74) is 1.71. The van der Waals surface area contributed by atoms with Gasteiger partial charge in [-0.3, -0.25) is 4.79 Å². The molecule has 0 bridgehead atoms. The molecule has 1 saturated heterocycles. The predicted octanol–water partition coefficient (Wildman–Crippen LogP) is 2.30. The van der Waals surface area contributed by atoms with Gasteiger partial charge < -0.3 is 14.6 Å². The molecule has 122 valence electrons. The number of fused-ring (bicyclic) bond motifs is 2. The number of aryl methyl sites for hydroxylation is 1. The zero-order valence-corrected chi connectivity index (χ0v) is 13.5. The molecule has 1 aromatic heterocycles. The number of rotatable bonds is 4. The van der Waals surface area contributed by atoms with E-state index in [1.54, 1.807) is 0 Å². The van der Waals surface area contributed by atoms with Crippen LogP contribution in [-0.4, -0.2) is 45.2 Å². The van der Waals surface area contributed by atoms with E-state index < -0.39 is 11.4 Å². The summed E-state index contributed by atoms with van der Waals surface area (Å²) in [6.07, 6.45) is 3.84. The average molecular weight is 313 g/mol. The summed E-state index contributed by atoms with van der Waals surface area (Å²) in [6, 6.07) is 8.17. The maximum atomic E-state index is 11.8. The molecule has 23 heavy (non-hydrogen) atoms. The molecule has 1 aliphatic carbocycles. The molecule has 0 unspecified atom stereocenters. The van der Waals surface area contributed by atoms with Crippen molar-refractivity contribution < 1.29 is 9.90 Å². The lowest BCUT2D eigenvalue weighted by atomic mass is 9.81. The van der Waals surface area contributed by atoms with Crippen LogP contribution >= 0.6 is 0 Å². The fraction of sp³-hybridized carbons (Fsp3) is 0.556. The number of carboxylic acids is 1. The van der Waals surface area contributed by atoms with Gasteiger partial charge in [-0.15, -0.1) is 0 Å². The number of hydrogen-bond donors (Lipinski definition) is 1. The molecule has 0 amide bonds. The third-order valence-corrected chi connectivity index (χ3v) is 5.90. The highest BCUT2D eigenvalue weighted by atomic mass is 16.4. The van der Waals surface area contributed by atoms with Crippen LogP contribution in [0, 0.1) is 11.3 Å². The van der Waals surface area contributed by atoms with Crippen molar-refractivity contribution in [2.24, 2.45) is 18.4 Å². The molecule has 1 saturated carbocycles. The third-order valence-electron chi connectivity index (χ3n) is 5.90. The van der Waals surface area contributed by atoms with Crippen molar-refractivity contribution in [2.45, 2.75) is 25.7 Å². The van der Waals surface area contributed by atoms with Gasteiger partial charge in [0.1, 0.15) is 5.82 Å². The fourth-order valence-corrected chi connectivity index (χ4v) is 4.59. The van der Waals surface area contributed by atoms with Gasteiger partial charge in [0.05, 0.1) is 16.4 Å². The van der Waals surface area contributed by atoms with Crippen molar-refractivity contribution in [1.29, 1.82) is 0 Å². The van der Waals surface area contributed by atoms with Crippen molar-refractivity contribution in [1.82, 2.24) is 14.5 Å². The Morgan fingerprint density at radius 2 is 2.26 bits per heavy atom. The topological polar surface area (TPSA) is 58.4 Å². The lowest BCUT2D eigenvalue weighted by Gasteiger charge is -2.23. The summed E-state index contributed by atoms with van der Waals surface area (Å²) in [5.74, 6) is 0.818. The largest absolute Gasteiger partial charge is 0.481 e. The molecule has 2 fully saturated rings. The number of carbonyl (C=O) groups is 1. The summed E-state index contributed by atoms with van der Waals surface area (Å²) >= 11 is 0. The average Bonchev–Trinajstić information content (AvgIpc) is 3.17. The van der Waals surface area contributed by atoms with E-state index in [1.807, 2.05) is 18.2 Å². The highest BCUT2D eigenvalue weighted by molar-refractivity contribution is 5.76. The zero-order chi connectivity index (χ0) is 16.0. The smallest absolute Gasteiger partial charge is 0.311 e.